The van der Waals surface area contributed by atoms with E-state index in [9.17, 15) is 4.79 Å². The summed E-state index contributed by atoms with van der Waals surface area (Å²) in [5, 5.41) is 8.94. The van der Waals surface area contributed by atoms with Crippen LogP contribution in [0.3, 0.4) is 0 Å². The van der Waals surface area contributed by atoms with E-state index in [0.717, 1.165) is 17.5 Å². The number of furan rings is 1. The van der Waals surface area contributed by atoms with Crippen LogP contribution in [-0.4, -0.2) is 27.8 Å². The molecule has 0 saturated heterocycles. The van der Waals surface area contributed by atoms with E-state index >= 15 is 0 Å². The van der Waals surface area contributed by atoms with Crippen LogP contribution in [0, 0.1) is 6.92 Å². The highest BCUT2D eigenvalue weighted by molar-refractivity contribution is 7.98. The lowest BCUT2D eigenvalue weighted by molar-refractivity contribution is 0.0599. The monoisotopic (exact) mass is 310 g/mol. The van der Waals surface area contributed by atoms with Crippen molar-refractivity contribution in [3.63, 3.8) is 0 Å². The molecule has 0 saturated carbocycles. The van der Waals surface area contributed by atoms with Crippen LogP contribution in [0.5, 0.6) is 0 Å². The first kappa shape index (κ1) is 15.6. The second-order valence-corrected chi connectivity index (χ2v) is 5.25. The van der Waals surface area contributed by atoms with Gasteiger partial charge in [0.1, 0.15) is 22.9 Å². The molecule has 0 aliphatic heterocycles. The molecular weight excluding hydrogens is 292 g/mol. The number of carbonyl (C=O) groups is 1. The smallest absolute Gasteiger partial charge is 0.341 e. The number of nitrogens with zero attached hydrogens (tertiary/aromatic N) is 3. The second-order valence-electron chi connectivity index (χ2n) is 4.31. The van der Waals surface area contributed by atoms with Crippen molar-refractivity contribution in [2.45, 2.75) is 37.8 Å². The molecule has 0 bridgehead atoms. The predicted octanol–water partition coefficient (Wildman–Crippen LogP) is 1.74. The summed E-state index contributed by atoms with van der Waals surface area (Å²) in [4.78, 5) is 11.5. The minimum Gasteiger partial charge on any atom is -0.465 e. The predicted molar refractivity (Wildman–Crippen MR) is 77.9 cm³/mol. The molecule has 2 aromatic heterocycles. The number of rotatable bonds is 6. The van der Waals surface area contributed by atoms with Crippen molar-refractivity contribution in [3.05, 3.63) is 29.0 Å². The summed E-state index contributed by atoms with van der Waals surface area (Å²) in [6, 6.07) is 1.70. The van der Waals surface area contributed by atoms with Crippen molar-refractivity contribution in [2.75, 3.05) is 7.11 Å². The molecule has 2 rings (SSSR count). The maximum absolute atomic E-state index is 11.5. The van der Waals surface area contributed by atoms with Crippen LogP contribution in [0.15, 0.2) is 15.6 Å². The maximum Gasteiger partial charge on any atom is 0.341 e. The fourth-order valence-corrected chi connectivity index (χ4v) is 2.86. The van der Waals surface area contributed by atoms with Gasteiger partial charge in [-0.1, -0.05) is 11.8 Å². The van der Waals surface area contributed by atoms with E-state index in [-0.39, 0.29) is 0 Å². The van der Waals surface area contributed by atoms with Gasteiger partial charge in [-0.25, -0.2) is 4.79 Å². The summed E-state index contributed by atoms with van der Waals surface area (Å²) in [6.45, 7) is 4.86. The van der Waals surface area contributed by atoms with Gasteiger partial charge in [0.15, 0.2) is 5.16 Å². The SMILES string of the molecule is CCn1c(CN)nnc1SCc1cc(C(=O)OC)c(C)o1. The van der Waals surface area contributed by atoms with Gasteiger partial charge in [-0.15, -0.1) is 10.2 Å². The van der Waals surface area contributed by atoms with Gasteiger partial charge in [-0.2, -0.15) is 0 Å². The zero-order valence-corrected chi connectivity index (χ0v) is 13.1. The summed E-state index contributed by atoms with van der Waals surface area (Å²) < 4.78 is 12.2. The Morgan fingerprint density at radius 2 is 2.29 bits per heavy atom. The van der Waals surface area contributed by atoms with Crippen LogP contribution in [0.1, 0.15) is 34.6 Å². The lowest BCUT2D eigenvalue weighted by Gasteiger charge is -2.04. The number of thioether (sulfide) groups is 1. The van der Waals surface area contributed by atoms with Crippen molar-refractivity contribution < 1.29 is 13.9 Å². The molecule has 0 unspecified atom stereocenters. The van der Waals surface area contributed by atoms with Crippen molar-refractivity contribution in [2.24, 2.45) is 5.73 Å². The molecule has 0 fully saturated rings. The van der Waals surface area contributed by atoms with Gasteiger partial charge in [-0.3, -0.25) is 0 Å². The lowest BCUT2D eigenvalue weighted by atomic mass is 10.2. The number of esters is 1. The number of hydrogen-bond donors (Lipinski definition) is 1. The summed E-state index contributed by atoms with van der Waals surface area (Å²) in [7, 11) is 1.35. The number of methoxy groups -OCH3 is 1. The molecule has 8 heteroatoms. The first-order valence-corrected chi connectivity index (χ1v) is 7.51. The Hall–Kier alpha value is -1.80. The molecule has 2 aromatic rings. The highest BCUT2D eigenvalue weighted by Crippen LogP contribution is 2.25. The first-order chi connectivity index (χ1) is 10.1. The highest BCUT2D eigenvalue weighted by Gasteiger charge is 2.16. The Morgan fingerprint density at radius 1 is 1.52 bits per heavy atom. The number of nitrogens with two attached hydrogens (primary N) is 1. The molecule has 0 aromatic carbocycles. The van der Waals surface area contributed by atoms with Crippen molar-refractivity contribution >= 4 is 17.7 Å². The fourth-order valence-electron chi connectivity index (χ4n) is 1.96. The van der Waals surface area contributed by atoms with E-state index < -0.39 is 5.97 Å². The number of hydrogen-bond acceptors (Lipinski definition) is 7. The summed E-state index contributed by atoms with van der Waals surface area (Å²) >= 11 is 1.49. The third kappa shape index (κ3) is 3.27. The Labute approximate surface area is 126 Å². The summed E-state index contributed by atoms with van der Waals surface area (Å²) in [5.41, 5.74) is 6.07. The molecule has 2 N–H and O–H groups in total. The number of aryl methyl sites for hydroxylation is 1. The minimum atomic E-state index is -0.394. The Bertz CT molecular complexity index is 635. The zero-order valence-electron chi connectivity index (χ0n) is 12.3. The van der Waals surface area contributed by atoms with E-state index in [1.807, 2.05) is 11.5 Å². The molecule has 0 amide bonds. The highest BCUT2D eigenvalue weighted by atomic mass is 32.2. The fraction of sp³-hybridized carbons (Fsp3) is 0.462. The van der Waals surface area contributed by atoms with E-state index in [1.165, 1.54) is 18.9 Å². The van der Waals surface area contributed by atoms with Gasteiger partial charge in [0.2, 0.25) is 0 Å². The topological polar surface area (TPSA) is 96.2 Å². The molecular formula is C13H18N4O3S. The number of ether oxygens (including phenoxy) is 1. The molecule has 2 heterocycles. The van der Waals surface area contributed by atoms with Crippen molar-refractivity contribution in [3.8, 4) is 0 Å². The van der Waals surface area contributed by atoms with Crippen molar-refractivity contribution in [1.29, 1.82) is 0 Å². The van der Waals surface area contributed by atoms with E-state index in [0.29, 0.717) is 29.4 Å². The largest absolute Gasteiger partial charge is 0.465 e. The van der Waals surface area contributed by atoms with Crippen LogP contribution in [0.4, 0.5) is 0 Å². The normalized spacial score (nSPS) is 10.9. The standard InChI is InChI=1S/C13H18N4O3S/c1-4-17-11(6-14)15-16-13(17)21-7-9-5-10(8(2)20-9)12(18)19-3/h5H,4,6-7,14H2,1-3H3. The van der Waals surface area contributed by atoms with Gasteiger partial charge in [0.25, 0.3) is 0 Å². The van der Waals surface area contributed by atoms with Crippen molar-refractivity contribution in [1.82, 2.24) is 14.8 Å². The minimum absolute atomic E-state index is 0.355. The molecule has 0 radical (unpaired) electrons. The van der Waals surface area contributed by atoms with Gasteiger partial charge in [0.05, 0.1) is 19.4 Å². The third-order valence-electron chi connectivity index (χ3n) is 3.01. The van der Waals surface area contributed by atoms with Gasteiger partial charge in [0, 0.05) is 6.54 Å². The van der Waals surface area contributed by atoms with E-state index in [4.69, 9.17) is 14.9 Å². The molecule has 7 nitrogen and oxygen atoms in total. The van der Waals surface area contributed by atoms with Crippen LogP contribution in [-0.2, 0) is 23.6 Å². The number of aromatic nitrogens is 3. The van der Waals surface area contributed by atoms with Crippen LogP contribution >= 0.6 is 11.8 Å². The maximum atomic E-state index is 11.5. The Morgan fingerprint density at radius 3 is 2.90 bits per heavy atom. The van der Waals surface area contributed by atoms with Crippen LogP contribution in [0.2, 0.25) is 0 Å². The first-order valence-electron chi connectivity index (χ1n) is 6.53. The average molecular weight is 310 g/mol. The Balaban J connectivity index is 2.10. The zero-order chi connectivity index (χ0) is 15.4. The summed E-state index contributed by atoms with van der Waals surface area (Å²) in [6.07, 6.45) is 0. The quantitative estimate of drug-likeness (QED) is 0.641. The Kier molecular flexibility index (Phi) is 5.03. The van der Waals surface area contributed by atoms with E-state index in [1.54, 1.807) is 13.0 Å². The van der Waals surface area contributed by atoms with Crippen LogP contribution in [0.25, 0.3) is 0 Å². The number of carbonyl (C=O) groups excluding carboxylic acids is 1. The van der Waals surface area contributed by atoms with Gasteiger partial charge in [-0.05, 0) is 19.9 Å². The molecule has 0 atom stereocenters. The van der Waals surface area contributed by atoms with Crippen LogP contribution < -0.4 is 5.73 Å². The average Bonchev–Trinajstić information content (AvgIpc) is 3.06. The summed E-state index contributed by atoms with van der Waals surface area (Å²) in [5.74, 6) is 2.16. The molecule has 114 valence electrons. The van der Waals surface area contributed by atoms with Gasteiger partial charge >= 0.3 is 5.97 Å². The third-order valence-corrected chi connectivity index (χ3v) is 4.00. The molecule has 0 aliphatic rings. The van der Waals surface area contributed by atoms with E-state index in [2.05, 4.69) is 10.2 Å². The molecule has 0 aliphatic carbocycles. The molecule has 21 heavy (non-hydrogen) atoms. The van der Waals surface area contributed by atoms with Gasteiger partial charge < -0.3 is 19.5 Å². The lowest BCUT2D eigenvalue weighted by Crippen LogP contribution is -2.08. The second kappa shape index (κ2) is 6.77. The molecule has 0 spiro atoms.